The molecule has 1 aliphatic heterocycles. The van der Waals surface area contributed by atoms with E-state index < -0.39 is 36.0 Å². The van der Waals surface area contributed by atoms with E-state index in [9.17, 15) is 19.8 Å². The standard InChI is InChI=1S/C30H34N2O8/c1-3-38-15-7-13-32(30(36)24-16-18-8-6-11-23(37-2)27(18)40-24)21-17-20(29(35)31-12-14-33)25-19-9-4-5-10-22(19)39-28(25)26(21)34/h4-6,8-11,16-17,21,25-26,28,33-34H,3,7,12-15H2,1-2H3,(H,31,35). The number of aliphatic hydroxyl groups is 2. The van der Waals surface area contributed by atoms with Crippen molar-refractivity contribution >= 4 is 22.8 Å². The van der Waals surface area contributed by atoms with Crippen molar-refractivity contribution in [3.8, 4) is 11.5 Å². The van der Waals surface area contributed by atoms with E-state index in [-0.39, 0.29) is 25.5 Å². The SMILES string of the molecule is CCOCCCN(C(=O)c1cc2cccc(OC)c2o1)C1C=C(C(=O)NCCO)C2c3ccccc3OC2C1O. The van der Waals surface area contributed by atoms with Gasteiger partial charge in [0.15, 0.2) is 17.1 Å². The number of nitrogens with one attached hydrogen (secondary N) is 1. The van der Waals surface area contributed by atoms with Crippen molar-refractivity contribution in [2.45, 2.75) is 37.5 Å². The van der Waals surface area contributed by atoms with Gasteiger partial charge in [-0.25, -0.2) is 0 Å². The fourth-order valence-electron chi connectivity index (χ4n) is 5.50. The van der Waals surface area contributed by atoms with Crippen molar-refractivity contribution in [1.29, 1.82) is 0 Å². The minimum Gasteiger partial charge on any atom is -0.493 e. The molecule has 3 N–H and O–H groups in total. The number of rotatable bonds is 11. The van der Waals surface area contributed by atoms with Gasteiger partial charge >= 0.3 is 0 Å². The van der Waals surface area contributed by atoms with Crippen LogP contribution in [0.25, 0.3) is 11.0 Å². The lowest BCUT2D eigenvalue weighted by molar-refractivity contribution is -0.118. The van der Waals surface area contributed by atoms with Crippen molar-refractivity contribution in [3.05, 3.63) is 71.5 Å². The molecule has 2 aromatic carbocycles. The quantitative estimate of drug-likeness (QED) is 0.311. The Bertz CT molecular complexity index is 1400. The van der Waals surface area contributed by atoms with E-state index in [1.165, 1.54) is 12.0 Å². The molecule has 10 heteroatoms. The van der Waals surface area contributed by atoms with Crippen molar-refractivity contribution in [2.75, 3.05) is 40.0 Å². The Hall–Kier alpha value is -3.86. The van der Waals surface area contributed by atoms with Gasteiger partial charge in [0.2, 0.25) is 5.91 Å². The third-order valence-corrected chi connectivity index (χ3v) is 7.33. The summed E-state index contributed by atoms with van der Waals surface area (Å²) in [7, 11) is 1.53. The van der Waals surface area contributed by atoms with Crippen LogP contribution < -0.4 is 14.8 Å². The summed E-state index contributed by atoms with van der Waals surface area (Å²) in [5.41, 5.74) is 1.60. The molecule has 40 heavy (non-hydrogen) atoms. The van der Waals surface area contributed by atoms with Gasteiger partial charge in [-0.05, 0) is 37.6 Å². The van der Waals surface area contributed by atoms with Gasteiger partial charge in [0.25, 0.3) is 5.91 Å². The maximum absolute atomic E-state index is 14.0. The number of hydrogen-bond donors (Lipinski definition) is 3. The first-order valence-corrected chi connectivity index (χ1v) is 13.5. The van der Waals surface area contributed by atoms with Gasteiger partial charge in [0, 0.05) is 42.8 Å². The van der Waals surface area contributed by atoms with Crippen molar-refractivity contribution in [2.24, 2.45) is 0 Å². The summed E-state index contributed by atoms with van der Waals surface area (Å²) in [5, 5.41) is 24.4. The second-order valence-electron chi connectivity index (χ2n) is 9.72. The van der Waals surface area contributed by atoms with Crippen molar-refractivity contribution in [3.63, 3.8) is 0 Å². The first-order valence-electron chi connectivity index (χ1n) is 13.5. The minimum atomic E-state index is -1.14. The summed E-state index contributed by atoms with van der Waals surface area (Å²) >= 11 is 0. The van der Waals surface area contributed by atoms with Gasteiger partial charge in [0.1, 0.15) is 18.0 Å². The summed E-state index contributed by atoms with van der Waals surface area (Å²) in [6.07, 6.45) is 0.217. The van der Waals surface area contributed by atoms with E-state index in [0.29, 0.717) is 47.7 Å². The molecule has 0 radical (unpaired) electrons. The molecule has 0 fully saturated rings. The second kappa shape index (κ2) is 12.1. The molecule has 10 nitrogen and oxygen atoms in total. The summed E-state index contributed by atoms with van der Waals surface area (Å²) in [5.74, 6) is -0.204. The van der Waals surface area contributed by atoms with Crippen molar-refractivity contribution < 1.29 is 38.4 Å². The van der Waals surface area contributed by atoms with Crippen LogP contribution in [0.5, 0.6) is 11.5 Å². The van der Waals surface area contributed by atoms with Crippen LogP contribution in [0.15, 0.2) is 64.6 Å². The van der Waals surface area contributed by atoms with Gasteiger partial charge in [-0.1, -0.05) is 30.3 Å². The number of carbonyl (C=O) groups excluding carboxylic acids is 2. The molecule has 1 aromatic heterocycles. The monoisotopic (exact) mass is 550 g/mol. The molecule has 4 unspecified atom stereocenters. The molecule has 2 amide bonds. The Morgan fingerprint density at radius 2 is 1.98 bits per heavy atom. The number of para-hydroxylation sites is 2. The van der Waals surface area contributed by atoms with E-state index in [1.54, 1.807) is 24.3 Å². The fraction of sp³-hybridized carbons (Fsp3) is 0.400. The van der Waals surface area contributed by atoms with Crippen LogP contribution in [0.1, 0.15) is 35.4 Å². The van der Waals surface area contributed by atoms with Gasteiger partial charge in [0.05, 0.1) is 25.7 Å². The number of aliphatic hydroxyl groups excluding tert-OH is 2. The Kier molecular flexibility index (Phi) is 8.39. The van der Waals surface area contributed by atoms with Crippen LogP contribution in [-0.2, 0) is 9.53 Å². The zero-order chi connectivity index (χ0) is 28.2. The first kappa shape index (κ1) is 27.7. The Morgan fingerprint density at radius 1 is 1.15 bits per heavy atom. The number of nitrogens with zero attached hydrogens (tertiary/aromatic N) is 1. The number of hydrogen-bond acceptors (Lipinski definition) is 8. The smallest absolute Gasteiger partial charge is 0.290 e. The minimum absolute atomic E-state index is 0.0705. The molecule has 212 valence electrons. The zero-order valence-corrected chi connectivity index (χ0v) is 22.5. The summed E-state index contributed by atoms with van der Waals surface area (Å²) in [6, 6.07) is 13.5. The highest BCUT2D eigenvalue weighted by atomic mass is 16.5. The number of furan rings is 1. The fourth-order valence-corrected chi connectivity index (χ4v) is 5.50. The molecular formula is C30H34N2O8. The molecule has 0 saturated heterocycles. The average molecular weight is 551 g/mol. The van der Waals surface area contributed by atoms with Crippen LogP contribution in [0.4, 0.5) is 0 Å². The predicted molar refractivity (Wildman–Crippen MR) is 146 cm³/mol. The highest BCUT2D eigenvalue weighted by Gasteiger charge is 2.50. The number of carbonyl (C=O) groups is 2. The lowest BCUT2D eigenvalue weighted by atomic mass is 9.77. The van der Waals surface area contributed by atoms with Crippen molar-refractivity contribution in [1.82, 2.24) is 10.2 Å². The Morgan fingerprint density at radius 3 is 2.75 bits per heavy atom. The largest absolute Gasteiger partial charge is 0.493 e. The van der Waals surface area contributed by atoms with Crippen LogP contribution in [0.3, 0.4) is 0 Å². The summed E-state index contributed by atoms with van der Waals surface area (Å²) in [4.78, 5) is 28.9. The maximum Gasteiger partial charge on any atom is 0.290 e. The molecule has 0 bridgehead atoms. The number of fused-ring (bicyclic) bond motifs is 4. The number of benzene rings is 2. The molecule has 0 saturated carbocycles. The van der Waals surface area contributed by atoms with Gasteiger partial charge in [-0.15, -0.1) is 0 Å². The third-order valence-electron chi connectivity index (χ3n) is 7.33. The number of amides is 2. The molecule has 0 spiro atoms. The molecular weight excluding hydrogens is 516 g/mol. The molecule has 2 aliphatic rings. The molecule has 5 rings (SSSR count). The Labute approximate surface area is 232 Å². The van der Waals surface area contributed by atoms with E-state index >= 15 is 0 Å². The first-order chi connectivity index (χ1) is 19.5. The number of methoxy groups -OCH3 is 1. The molecule has 3 aromatic rings. The van der Waals surface area contributed by atoms with Crippen LogP contribution in [-0.4, -0.2) is 85.2 Å². The van der Waals surface area contributed by atoms with Gasteiger partial charge in [-0.2, -0.15) is 0 Å². The molecule has 4 atom stereocenters. The van der Waals surface area contributed by atoms with E-state index in [0.717, 1.165) is 5.56 Å². The van der Waals surface area contributed by atoms with Gasteiger partial charge in [-0.3, -0.25) is 9.59 Å². The summed E-state index contributed by atoms with van der Waals surface area (Å²) in [6.45, 7) is 2.93. The normalized spacial score (nSPS) is 21.2. The second-order valence-corrected chi connectivity index (χ2v) is 9.72. The third kappa shape index (κ3) is 5.17. The lowest BCUT2D eigenvalue weighted by Gasteiger charge is -2.40. The highest BCUT2D eigenvalue weighted by molar-refractivity contribution is 5.99. The van der Waals surface area contributed by atoms with Crippen LogP contribution in [0.2, 0.25) is 0 Å². The van der Waals surface area contributed by atoms with Crippen LogP contribution in [0, 0.1) is 0 Å². The highest BCUT2D eigenvalue weighted by Crippen LogP contribution is 2.47. The average Bonchev–Trinajstić information content (AvgIpc) is 3.59. The van der Waals surface area contributed by atoms with E-state index in [2.05, 4.69) is 5.32 Å². The number of ether oxygens (including phenoxy) is 3. The molecule has 2 heterocycles. The topological polar surface area (TPSA) is 131 Å². The van der Waals surface area contributed by atoms with Gasteiger partial charge < -0.3 is 39.1 Å². The predicted octanol–water partition coefficient (Wildman–Crippen LogP) is 2.63. The van der Waals surface area contributed by atoms with E-state index in [4.69, 9.17) is 18.6 Å². The Balaban J connectivity index is 1.55. The maximum atomic E-state index is 14.0. The summed E-state index contributed by atoms with van der Waals surface area (Å²) < 4.78 is 23.0. The van der Waals surface area contributed by atoms with E-state index in [1.807, 2.05) is 37.3 Å². The molecule has 1 aliphatic carbocycles. The lowest BCUT2D eigenvalue weighted by Crippen LogP contribution is -2.56. The van der Waals surface area contributed by atoms with Crippen LogP contribution >= 0.6 is 0 Å². The zero-order valence-electron chi connectivity index (χ0n) is 22.5.